The van der Waals surface area contributed by atoms with Gasteiger partial charge >= 0.3 is 5.97 Å². The molecule has 0 spiro atoms. The van der Waals surface area contributed by atoms with Crippen molar-refractivity contribution in [3.8, 4) is 0 Å². The van der Waals surface area contributed by atoms with Gasteiger partial charge in [-0.1, -0.05) is 19.1 Å². The van der Waals surface area contributed by atoms with E-state index in [1.807, 2.05) is 13.0 Å². The molecule has 0 aromatic heterocycles. The molecular weight excluding hydrogens is 190 g/mol. The summed E-state index contributed by atoms with van der Waals surface area (Å²) in [6.45, 7) is 4.10. The smallest absolute Gasteiger partial charge is 0.337 e. The van der Waals surface area contributed by atoms with E-state index >= 15 is 0 Å². The van der Waals surface area contributed by atoms with E-state index in [1.165, 1.54) is 0 Å². The molecule has 15 heavy (non-hydrogen) atoms. The zero-order valence-corrected chi connectivity index (χ0v) is 8.95. The van der Waals surface area contributed by atoms with Crippen molar-refractivity contribution in [2.45, 2.75) is 26.3 Å². The lowest BCUT2D eigenvalue weighted by molar-refractivity contribution is 0.0698. The van der Waals surface area contributed by atoms with Crippen molar-refractivity contribution < 1.29 is 9.90 Å². The molecule has 2 unspecified atom stereocenters. The van der Waals surface area contributed by atoms with Gasteiger partial charge in [-0.3, -0.25) is 0 Å². The van der Waals surface area contributed by atoms with E-state index in [9.17, 15) is 4.79 Å². The fourth-order valence-electron chi connectivity index (χ4n) is 1.75. The first-order valence-electron chi connectivity index (χ1n) is 5.19. The predicted molar refractivity (Wildman–Crippen MR) is 59.3 cm³/mol. The second-order valence-electron chi connectivity index (χ2n) is 4.27. The third-order valence-corrected chi connectivity index (χ3v) is 2.94. The van der Waals surface area contributed by atoms with E-state index < -0.39 is 5.97 Å². The number of rotatable bonds is 3. The molecule has 1 aromatic carbocycles. The largest absolute Gasteiger partial charge is 0.478 e. The Balaban J connectivity index is 2.30. The number of para-hydroxylation sites is 1. The molecular formula is C12H15NO2. The second-order valence-corrected chi connectivity index (χ2v) is 4.27. The van der Waals surface area contributed by atoms with Crippen molar-refractivity contribution in [2.75, 3.05) is 5.32 Å². The summed E-state index contributed by atoms with van der Waals surface area (Å²) in [5.41, 5.74) is 2.14. The minimum atomic E-state index is -0.866. The van der Waals surface area contributed by atoms with Crippen LogP contribution in [0.5, 0.6) is 0 Å². The first-order chi connectivity index (χ1) is 7.09. The molecule has 0 aliphatic heterocycles. The molecule has 0 heterocycles. The molecule has 3 nitrogen and oxygen atoms in total. The predicted octanol–water partition coefficient (Wildman–Crippen LogP) is 2.51. The first-order valence-corrected chi connectivity index (χ1v) is 5.19. The summed E-state index contributed by atoms with van der Waals surface area (Å²) < 4.78 is 0. The lowest BCUT2D eigenvalue weighted by atomic mass is 10.1. The molecule has 0 radical (unpaired) electrons. The Bertz CT molecular complexity index is 401. The van der Waals surface area contributed by atoms with Gasteiger partial charge in [0, 0.05) is 6.04 Å². The molecule has 2 N–H and O–H groups in total. The third-order valence-electron chi connectivity index (χ3n) is 2.94. The molecule has 1 fully saturated rings. The summed E-state index contributed by atoms with van der Waals surface area (Å²) in [6.07, 6.45) is 1.13. The van der Waals surface area contributed by atoms with Gasteiger partial charge in [0.1, 0.15) is 0 Å². The topological polar surface area (TPSA) is 49.3 Å². The van der Waals surface area contributed by atoms with Crippen LogP contribution in [0, 0.1) is 12.8 Å². The number of nitrogens with one attached hydrogen (secondary N) is 1. The number of hydrogen-bond donors (Lipinski definition) is 2. The maximum atomic E-state index is 11.0. The van der Waals surface area contributed by atoms with Gasteiger partial charge < -0.3 is 10.4 Å². The van der Waals surface area contributed by atoms with Crippen molar-refractivity contribution in [2.24, 2.45) is 5.92 Å². The minimum absolute atomic E-state index is 0.370. The van der Waals surface area contributed by atoms with Crippen LogP contribution in [-0.4, -0.2) is 17.1 Å². The third kappa shape index (κ3) is 1.96. The fraction of sp³-hybridized carbons (Fsp3) is 0.417. The summed E-state index contributed by atoms with van der Waals surface area (Å²) in [5, 5.41) is 12.4. The van der Waals surface area contributed by atoms with Gasteiger partial charge in [-0.15, -0.1) is 0 Å². The Morgan fingerprint density at radius 1 is 1.53 bits per heavy atom. The highest BCUT2D eigenvalue weighted by Gasteiger charge is 2.33. The zero-order chi connectivity index (χ0) is 11.0. The summed E-state index contributed by atoms with van der Waals surface area (Å²) in [5.74, 6) is -0.208. The van der Waals surface area contributed by atoms with Crippen molar-refractivity contribution >= 4 is 11.7 Å². The number of carboxylic acid groups (broad SMARTS) is 1. The van der Waals surface area contributed by atoms with Crippen molar-refractivity contribution in [1.82, 2.24) is 0 Å². The van der Waals surface area contributed by atoms with Crippen LogP contribution in [0.2, 0.25) is 0 Å². The molecule has 0 bridgehead atoms. The molecule has 2 atom stereocenters. The highest BCUT2D eigenvalue weighted by Crippen LogP contribution is 2.34. The van der Waals surface area contributed by atoms with Gasteiger partial charge in [0.25, 0.3) is 0 Å². The number of aromatic carboxylic acids is 1. The lowest BCUT2D eigenvalue weighted by Crippen LogP contribution is -2.10. The van der Waals surface area contributed by atoms with E-state index in [2.05, 4.69) is 12.2 Å². The van der Waals surface area contributed by atoms with Gasteiger partial charge in [0.05, 0.1) is 11.3 Å². The molecule has 3 heteroatoms. The number of carbonyl (C=O) groups is 1. The van der Waals surface area contributed by atoms with E-state index in [-0.39, 0.29) is 0 Å². The summed E-state index contributed by atoms with van der Waals surface area (Å²) in [7, 11) is 0. The Morgan fingerprint density at radius 3 is 2.73 bits per heavy atom. The molecule has 0 saturated heterocycles. The first kappa shape index (κ1) is 10.0. The Hall–Kier alpha value is -1.51. The van der Waals surface area contributed by atoms with Gasteiger partial charge in [0.2, 0.25) is 0 Å². The van der Waals surface area contributed by atoms with Gasteiger partial charge in [-0.25, -0.2) is 4.79 Å². The molecule has 1 saturated carbocycles. The van der Waals surface area contributed by atoms with E-state index in [0.717, 1.165) is 17.7 Å². The van der Waals surface area contributed by atoms with Crippen LogP contribution in [0.4, 0.5) is 5.69 Å². The number of hydrogen-bond acceptors (Lipinski definition) is 2. The van der Waals surface area contributed by atoms with Crippen LogP contribution < -0.4 is 5.32 Å². The second kappa shape index (κ2) is 3.57. The standard InChI is InChI=1S/C12H15NO2/c1-7-4-3-5-9(12(14)15)11(7)13-10-6-8(10)2/h3-5,8,10,13H,6H2,1-2H3,(H,14,15). The van der Waals surface area contributed by atoms with E-state index in [1.54, 1.807) is 12.1 Å². The zero-order valence-electron chi connectivity index (χ0n) is 8.95. The molecule has 80 valence electrons. The molecule has 1 aliphatic carbocycles. The monoisotopic (exact) mass is 205 g/mol. The number of benzene rings is 1. The lowest BCUT2D eigenvalue weighted by Gasteiger charge is -2.11. The van der Waals surface area contributed by atoms with Crippen LogP contribution >= 0.6 is 0 Å². The molecule has 2 rings (SSSR count). The number of aryl methyl sites for hydroxylation is 1. The van der Waals surface area contributed by atoms with Crippen LogP contribution in [0.1, 0.15) is 29.3 Å². The molecule has 1 aliphatic rings. The van der Waals surface area contributed by atoms with Gasteiger partial charge in [-0.05, 0) is 30.9 Å². The van der Waals surface area contributed by atoms with Crippen LogP contribution in [0.15, 0.2) is 18.2 Å². The fourth-order valence-corrected chi connectivity index (χ4v) is 1.75. The Labute approximate surface area is 89.1 Å². The maximum Gasteiger partial charge on any atom is 0.337 e. The highest BCUT2D eigenvalue weighted by atomic mass is 16.4. The summed E-state index contributed by atoms with van der Waals surface area (Å²) in [6, 6.07) is 5.80. The Morgan fingerprint density at radius 2 is 2.20 bits per heavy atom. The molecule has 1 aromatic rings. The maximum absolute atomic E-state index is 11.0. The Kier molecular flexibility index (Phi) is 2.39. The average molecular weight is 205 g/mol. The summed E-state index contributed by atoms with van der Waals surface area (Å²) >= 11 is 0. The van der Waals surface area contributed by atoms with Crippen molar-refractivity contribution in [1.29, 1.82) is 0 Å². The average Bonchev–Trinajstić information content (AvgIpc) is 2.85. The number of anilines is 1. The summed E-state index contributed by atoms with van der Waals surface area (Å²) in [4.78, 5) is 11.0. The highest BCUT2D eigenvalue weighted by molar-refractivity contribution is 5.95. The van der Waals surface area contributed by atoms with Crippen LogP contribution in [0.3, 0.4) is 0 Å². The number of carboxylic acids is 1. The van der Waals surface area contributed by atoms with E-state index in [4.69, 9.17) is 5.11 Å². The normalized spacial score (nSPS) is 23.6. The van der Waals surface area contributed by atoms with Crippen LogP contribution in [0.25, 0.3) is 0 Å². The SMILES string of the molecule is Cc1cccc(C(=O)O)c1NC1CC1C. The van der Waals surface area contributed by atoms with Crippen molar-refractivity contribution in [3.63, 3.8) is 0 Å². The molecule has 0 amide bonds. The van der Waals surface area contributed by atoms with E-state index in [0.29, 0.717) is 17.5 Å². The van der Waals surface area contributed by atoms with Crippen molar-refractivity contribution in [3.05, 3.63) is 29.3 Å². The quantitative estimate of drug-likeness (QED) is 0.797. The minimum Gasteiger partial charge on any atom is -0.478 e. The van der Waals surface area contributed by atoms with Gasteiger partial charge in [-0.2, -0.15) is 0 Å². The van der Waals surface area contributed by atoms with Crippen LogP contribution in [-0.2, 0) is 0 Å². The van der Waals surface area contributed by atoms with Gasteiger partial charge in [0.15, 0.2) is 0 Å².